The van der Waals surface area contributed by atoms with E-state index < -0.39 is 18.6 Å². The highest BCUT2D eigenvalue weighted by molar-refractivity contribution is 4.79. The fraction of sp³-hybridized carbons (Fsp3) is 1.00. The molecule has 1 nitrogen and oxygen atoms in total. The highest BCUT2D eigenvalue weighted by Gasteiger charge is 2.31. The average Bonchev–Trinajstić information content (AvgIpc) is 1.99. The number of halogens is 3. The van der Waals surface area contributed by atoms with E-state index in [1.54, 1.807) is 6.92 Å². The zero-order valence-electron chi connectivity index (χ0n) is 9.40. The van der Waals surface area contributed by atoms with Gasteiger partial charge in [-0.3, -0.25) is 0 Å². The van der Waals surface area contributed by atoms with Gasteiger partial charge >= 0.3 is 6.18 Å². The summed E-state index contributed by atoms with van der Waals surface area (Å²) >= 11 is 0. The molecule has 0 saturated heterocycles. The van der Waals surface area contributed by atoms with Crippen LogP contribution in [0.25, 0.3) is 0 Å². The van der Waals surface area contributed by atoms with E-state index in [0.29, 0.717) is 5.92 Å². The smallest absolute Gasteiger partial charge is 0.311 e. The van der Waals surface area contributed by atoms with E-state index in [1.807, 2.05) is 0 Å². The van der Waals surface area contributed by atoms with Crippen LogP contribution < -0.4 is 5.32 Å². The number of nitrogens with one attached hydrogen (secondary N) is 1. The van der Waals surface area contributed by atoms with Crippen LogP contribution in [-0.2, 0) is 0 Å². The molecule has 1 saturated carbocycles. The Bertz CT molecular complexity index is 191. The summed E-state index contributed by atoms with van der Waals surface area (Å²) in [5.41, 5.74) is 0. The van der Waals surface area contributed by atoms with Crippen molar-refractivity contribution in [2.75, 3.05) is 0 Å². The summed E-state index contributed by atoms with van der Waals surface area (Å²) in [5.74, 6) is 0.648. The molecule has 0 amide bonds. The molecule has 1 fully saturated rings. The Morgan fingerprint density at radius 1 is 1.33 bits per heavy atom. The highest BCUT2D eigenvalue weighted by Crippen LogP contribution is 2.26. The number of hydrogen-bond donors (Lipinski definition) is 1. The Balaban J connectivity index is 2.28. The lowest BCUT2D eigenvalue weighted by Crippen LogP contribution is -2.41. The van der Waals surface area contributed by atoms with Crippen LogP contribution in [0.3, 0.4) is 0 Å². The summed E-state index contributed by atoms with van der Waals surface area (Å²) in [7, 11) is 0. The SMILES string of the molecule is CC1CCCC(NC(C)CC(F)(F)F)C1. The molecule has 0 aromatic heterocycles. The maximum atomic E-state index is 12.1. The molecule has 0 aromatic rings. The van der Waals surface area contributed by atoms with Gasteiger partial charge in [-0.15, -0.1) is 0 Å². The molecule has 4 heteroatoms. The third-order valence-electron chi connectivity index (χ3n) is 2.99. The minimum atomic E-state index is -4.05. The minimum Gasteiger partial charge on any atom is -0.311 e. The van der Waals surface area contributed by atoms with Crippen molar-refractivity contribution in [1.82, 2.24) is 5.32 Å². The van der Waals surface area contributed by atoms with Crippen molar-refractivity contribution < 1.29 is 13.2 Å². The highest BCUT2D eigenvalue weighted by atomic mass is 19.4. The Hall–Kier alpha value is -0.250. The quantitative estimate of drug-likeness (QED) is 0.772. The Kier molecular flexibility index (Phi) is 4.44. The van der Waals surface area contributed by atoms with Gasteiger partial charge in [0.05, 0.1) is 6.42 Å². The standard InChI is InChI=1S/C11H20F3N/c1-8-4-3-5-10(6-8)15-9(2)7-11(12,13)14/h8-10,15H,3-7H2,1-2H3. The summed E-state index contributed by atoms with van der Waals surface area (Å²) in [6.45, 7) is 3.79. The monoisotopic (exact) mass is 223 g/mol. The second-order valence-corrected chi connectivity index (χ2v) is 4.86. The fourth-order valence-electron chi connectivity index (χ4n) is 2.39. The fourth-order valence-corrected chi connectivity index (χ4v) is 2.39. The van der Waals surface area contributed by atoms with E-state index in [9.17, 15) is 13.2 Å². The van der Waals surface area contributed by atoms with Gasteiger partial charge in [0.15, 0.2) is 0 Å². The van der Waals surface area contributed by atoms with E-state index in [-0.39, 0.29) is 6.04 Å². The van der Waals surface area contributed by atoms with E-state index >= 15 is 0 Å². The van der Waals surface area contributed by atoms with Gasteiger partial charge in [0.1, 0.15) is 0 Å². The van der Waals surface area contributed by atoms with Gasteiger partial charge < -0.3 is 5.32 Å². The predicted molar refractivity (Wildman–Crippen MR) is 54.7 cm³/mol. The molecule has 15 heavy (non-hydrogen) atoms. The van der Waals surface area contributed by atoms with Crippen molar-refractivity contribution in [2.45, 2.75) is 64.2 Å². The summed E-state index contributed by atoms with van der Waals surface area (Å²) in [5, 5.41) is 3.09. The molecule has 0 bridgehead atoms. The predicted octanol–water partition coefficient (Wildman–Crippen LogP) is 3.50. The first kappa shape index (κ1) is 12.8. The van der Waals surface area contributed by atoms with Crippen molar-refractivity contribution in [3.05, 3.63) is 0 Å². The summed E-state index contributed by atoms with van der Waals surface area (Å²) in [4.78, 5) is 0. The second-order valence-electron chi connectivity index (χ2n) is 4.86. The third kappa shape index (κ3) is 5.40. The van der Waals surface area contributed by atoms with Gasteiger partial charge in [0.25, 0.3) is 0 Å². The molecule has 1 N–H and O–H groups in total. The molecule has 0 aromatic carbocycles. The van der Waals surface area contributed by atoms with Crippen molar-refractivity contribution in [2.24, 2.45) is 5.92 Å². The first-order valence-corrected chi connectivity index (χ1v) is 5.69. The van der Waals surface area contributed by atoms with Crippen LogP contribution in [0.5, 0.6) is 0 Å². The molecule has 0 aliphatic heterocycles. The molecule has 3 unspecified atom stereocenters. The maximum absolute atomic E-state index is 12.1. The topological polar surface area (TPSA) is 12.0 Å². The van der Waals surface area contributed by atoms with Gasteiger partial charge in [0.2, 0.25) is 0 Å². The van der Waals surface area contributed by atoms with E-state index in [4.69, 9.17) is 0 Å². The summed E-state index contributed by atoms with van der Waals surface area (Å²) in [6, 6.07) is -0.175. The minimum absolute atomic E-state index is 0.283. The zero-order valence-corrected chi connectivity index (χ0v) is 9.40. The first-order valence-electron chi connectivity index (χ1n) is 5.69. The van der Waals surface area contributed by atoms with E-state index in [1.165, 1.54) is 6.42 Å². The zero-order chi connectivity index (χ0) is 11.5. The van der Waals surface area contributed by atoms with Crippen LogP contribution in [0.4, 0.5) is 13.2 Å². The molecule has 0 heterocycles. The Morgan fingerprint density at radius 2 is 2.00 bits per heavy atom. The molecule has 1 rings (SSSR count). The molecule has 90 valence electrons. The molecule has 3 atom stereocenters. The van der Waals surface area contributed by atoms with Crippen LogP contribution >= 0.6 is 0 Å². The van der Waals surface area contributed by atoms with Gasteiger partial charge in [-0.25, -0.2) is 0 Å². The van der Waals surface area contributed by atoms with E-state index in [0.717, 1.165) is 19.3 Å². The molecular weight excluding hydrogens is 203 g/mol. The summed E-state index contributed by atoms with van der Waals surface area (Å²) in [6.07, 6.45) is -0.386. The van der Waals surface area contributed by atoms with E-state index in [2.05, 4.69) is 12.2 Å². The normalized spacial score (nSPS) is 30.2. The van der Waals surface area contributed by atoms with Crippen molar-refractivity contribution >= 4 is 0 Å². The third-order valence-corrected chi connectivity index (χ3v) is 2.99. The van der Waals surface area contributed by atoms with Crippen molar-refractivity contribution in [1.29, 1.82) is 0 Å². The maximum Gasteiger partial charge on any atom is 0.390 e. The van der Waals surface area contributed by atoms with Crippen LogP contribution in [0.1, 0.15) is 46.0 Å². The van der Waals surface area contributed by atoms with Crippen LogP contribution in [0.2, 0.25) is 0 Å². The lowest BCUT2D eigenvalue weighted by atomic mass is 9.86. The average molecular weight is 223 g/mol. The molecule has 1 aliphatic carbocycles. The summed E-state index contributed by atoms with van der Waals surface area (Å²) < 4.78 is 36.3. The number of alkyl halides is 3. The Morgan fingerprint density at radius 3 is 2.53 bits per heavy atom. The lowest BCUT2D eigenvalue weighted by Gasteiger charge is -2.30. The van der Waals surface area contributed by atoms with Crippen molar-refractivity contribution in [3.8, 4) is 0 Å². The molecule has 0 radical (unpaired) electrons. The van der Waals surface area contributed by atoms with Gasteiger partial charge in [-0.2, -0.15) is 13.2 Å². The first-order chi connectivity index (χ1) is 6.87. The van der Waals surface area contributed by atoms with Gasteiger partial charge in [-0.05, 0) is 25.7 Å². The van der Waals surface area contributed by atoms with Crippen molar-refractivity contribution in [3.63, 3.8) is 0 Å². The van der Waals surface area contributed by atoms with Crippen LogP contribution in [0, 0.1) is 5.92 Å². The largest absolute Gasteiger partial charge is 0.390 e. The molecule has 1 aliphatic rings. The van der Waals surface area contributed by atoms with Crippen LogP contribution in [0.15, 0.2) is 0 Å². The molecule has 0 spiro atoms. The second kappa shape index (κ2) is 5.19. The number of rotatable bonds is 3. The van der Waals surface area contributed by atoms with Gasteiger partial charge in [-0.1, -0.05) is 19.8 Å². The number of hydrogen-bond acceptors (Lipinski definition) is 1. The lowest BCUT2D eigenvalue weighted by molar-refractivity contribution is -0.139. The van der Waals surface area contributed by atoms with Gasteiger partial charge in [0, 0.05) is 12.1 Å². The van der Waals surface area contributed by atoms with Crippen LogP contribution in [-0.4, -0.2) is 18.3 Å². The molecular formula is C11H20F3N. The Labute approximate surface area is 89.4 Å².